The van der Waals surface area contributed by atoms with Gasteiger partial charge in [-0.05, 0) is 61.0 Å². The quantitative estimate of drug-likeness (QED) is 0.682. The third-order valence-electron chi connectivity index (χ3n) is 4.85. The fourth-order valence-electron chi connectivity index (χ4n) is 3.56. The third kappa shape index (κ3) is 3.66. The summed E-state index contributed by atoms with van der Waals surface area (Å²) in [6.45, 7) is 1.42. The topological polar surface area (TPSA) is 38.2 Å². The van der Waals surface area contributed by atoms with Gasteiger partial charge in [0.15, 0.2) is 11.6 Å². The van der Waals surface area contributed by atoms with Gasteiger partial charge in [0.05, 0.1) is 0 Å². The summed E-state index contributed by atoms with van der Waals surface area (Å²) in [6.07, 6.45) is 2.24. The van der Waals surface area contributed by atoms with Gasteiger partial charge in [0.1, 0.15) is 5.82 Å². The fourth-order valence-corrected chi connectivity index (χ4v) is 3.56. The summed E-state index contributed by atoms with van der Waals surface area (Å²) >= 11 is 0. The molecule has 3 aromatic rings. The lowest BCUT2D eigenvalue weighted by Gasteiger charge is -2.19. The highest BCUT2D eigenvalue weighted by Crippen LogP contribution is 2.38. The molecule has 4 nitrogen and oxygen atoms in total. The lowest BCUT2D eigenvalue weighted by molar-refractivity contribution is 0.327. The highest BCUT2D eigenvalue weighted by atomic mass is 19.1. The number of rotatable bonds is 3. The average Bonchev–Trinajstić information content (AvgIpc) is 2.82. The Morgan fingerprint density at radius 2 is 1.89 bits per heavy atom. The predicted molar refractivity (Wildman–Crippen MR) is 97.7 cm³/mol. The smallest absolute Gasteiger partial charge is 0.238 e. The number of halogens is 2. The normalized spacial score (nSPS) is 17.2. The minimum atomic E-state index is -0.495. The Morgan fingerprint density at radius 1 is 1.04 bits per heavy atom. The molecule has 0 saturated heterocycles. The van der Waals surface area contributed by atoms with Crippen molar-refractivity contribution < 1.29 is 13.5 Å². The molecule has 4 rings (SSSR count). The van der Waals surface area contributed by atoms with E-state index in [9.17, 15) is 8.78 Å². The largest absolute Gasteiger partial charge is 0.434 e. The molecular formula is C21H19F2N3O. The third-order valence-corrected chi connectivity index (χ3v) is 4.85. The molecule has 1 unspecified atom stereocenters. The van der Waals surface area contributed by atoms with Crippen molar-refractivity contribution >= 4 is 0 Å². The molecule has 1 atom stereocenters. The van der Waals surface area contributed by atoms with Gasteiger partial charge in [-0.25, -0.2) is 8.78 Å². The molecule has 0 bridgehead atoms. The van der Waals surface area contributed by atoms with Crippen LogP contribution in [0, 0.1) is 11.6 Å². The summed E-state index contributed by atoms with van der Waals surface area (Å²) in [4.78, 5) is 2.14. The molecular weight excluding hydrogens is 348 g/mol. The van der Waals surface area contributed by atoms with Crippen molar-refractivity contribution in [2.45, 2.75) is 18.9 Å². The van der Waals surface area contributed by atoms with Gasteiger partial charge in [-0.15, -0.1) is 5.10 Å². The van der Waals surface area contributed by atoms with Crippen molar-refractivity contribution in [1.29, 1.82) is 0 Å². The number of ether oxygens (including phenoxy) is 1. The van der Waals surface area contributed by atoms with Gasteiger partial charge in [-0.1, -0.05) is 18.2 Å². The summed E-state index contributed by atoms with van der Waals surface area (Å²) in [5.74, 6) is -0.643. The Balaban J connectivity index is 1.77. The van der Waals surface area contributed by atoms with Crippen LogP contribution < -0.4 is 4.74 Å². The lowest BCUT2D eigenvalue weighted by atomic mass is 9.86. The molecule has 0 N–H and O–H groups in total. The molecule has 2 heterocycles. The minimum Gasteiger partial charge on any atom is -0.434 e. The van der Waals surface area contributed by atoms with Crippen molar-refractivity contribution in [3.05, 3.63) is 83.1 Å². The Kier molecular flexibility index (Phi) is 4.81. The molecule has 2 aromatic carbocycles. The zero-order chi connectivity index (χ0) is 18.8. The minimum absolute atomic E-state index is 0.0943. The molecule has 1 aromatic heterocycles. The molecule has 1 aliphatic rings. The number of hydrogen-bond acceptors (Lipinski definition) is 4. The van der Waals surface area contributed by atoms with E-state index in [0.29, 0.717) is 18.5 Å². The Morgan fingerprint density at radius 3 is 2.67 bits per heavy atom. The number of hydrogen-bond donors (Lipinski definition) is 0. The summed E-state index contributed by atoms with van der Waals surface area (Å²) < 4.78 is 34.8. The number of nitrogens with zero attached hydrogens (tertiary/aromatic N) is 3. The summed E-state index contributed by atoms with van der Waals surface area (Å²) in [5, 5.41) is 7.58. The number of fused-ring (bicyclic) bond motifs is 1. The van der Waals surface area contributed by atoms with Crippen molar-refractivity contribution in [3.8, 4) is 11.6 Å². The first-order valence-electron chi connectivity index (χ1n) is 8.82. The first kappa shape index (κ1) is 17.5. The van der Waals surface area contributed by atoms with Crippen LogP contribution in [0.3, 0.4) is 0 Å². The second-order valence-corrected chi connectivity index (χ2v) is 6.75. The molecule has 6 heteroatoms. The van der Waals surface area contributed by atoms with E-state index in [1.165, 1.54) is 18.3 Å². The SMILES string of the molecule is CN1CCC(c2ccccc2F)c2cc(F)c(Oc3cccnn3)cc2C1. The van der Waals surface area contributed by atoms with Crippen molar-refractivity contribution in [1.82, 2.24) is 15.1 Å². The van der Waals surface area contributed by atoms with E-state index in [-0.39, 0.29) is 23.4 Å². The maximum Gasteiger partial charge on any atom is 0.238 e. The van der Waals surface area contributed by atoms with Gasteiger partial charge in [0, 0.05) is 24.7 Å². The van der Waals surface area contributed by atoms with Gasteiger partial charge in [0.2, 0.25) is 5.88 Å². The van der Waals surface area contributed by atoms with E-state index in [4.69, 9.17) is 4.74 Å². The predicted octanol–water partition coefficient (Wildman–Crippen LogP) is 4.51. The summed E-state index contributed by atoms with van der Waals surface area (Å²) in [7, 11) is 2.00. The van der Waals surface area contributed by atoms with Crippen LogP contribution in [-0.2, 0) is 6.54 Å². The van der Waals surface area contributed by atoms with E-state index >= 15 is 0 Å². The van der Waals surface area contributed by atoms with Crippen LogP contribution in [0.15, 0.2) is 54.7 Å². The maximum atomic E-state index is 14.8. The Labute approximate surface area is 156 Å². The Bertz CT molecular complexity index is 949. The highest BCUT2D eigenvalue weighted by molar-refractivity contribution is 5.45. The second kappa shape index (κ2) is 7.40. The van der Waals surface area contributed by atoms with Crippen LogP contribution in [0.2, 0.25) is 0 Å². The molecule has 27 heavy (non-hydrogen) atoms. The molecule has 0 fully saturated rings. The molecule has 138 valence electrons. The molecule has 0 spiro atoms. The highest BCUT2D eigenvalue weighted by Gasteiger charge is 2.26. The number of benzene rings is 2. The zero-order valence-corrected chi connectivity index (χ0v) is 14.9. The van der Waals surface area contributed by atoms with Gasteiger partial charge in [-0.3, -0.25) is 0 Å². The van der Waals surface area contributed by atoms with Crippen LogP contribution in [0.1, 0.15) is 29.0 Å². The van der Waals surface area contributed by atoms with Crippen molar-refractivity contribution in [2.75, 3.05) is 13.6 Å². The van der Waals surface area contributed by atoms with Gasteiger partial charge < -0.3 is 9.64 Å². The maximum absolute atomic E-state index is 14.8. The molecule has 0 amide bonds. The lowest BCUT2D eigenvalue weighted by Crippen LogP contribution is -2.17. The number of aromatic nitrogens is 2. The molecule has 1 aliphatic heterocycles. The van der Waals surface area contributed by atoms with E-state index < -0.39 is 5.82 Å². The van der Waals surface area contributed by atoms with Crippen LogP contribution in [0.25, 0.3) is 0 Å². The molecule has 0 saturated carbocycles. The van der Waals surface area contributed by atoms with E-state index in [1.54, 1.807) is 30.3 Å². The van der Waals surface area contributed by atoms with E-state index in [0.717, 1.165) is 17.7 Å². The summed E-state index contributed by atoms with van der Waals surface area (Å²) in [6, 6.07) is 13.2. The molecule has 0 radical (unpaired) electrons. The standard InChI is InChI=1S/C21H19F2N3O/c1-26-10-8-15(16-5-2-3-6-18(16)22)17-12-19(23)20(11-14(17)13-26)27-21-7-4-9-24-25-21/h2-7,9,11-12,15H,8,10,13H2,1H3. The molecule has 0 aliphatic carbocycles. The van der Waals surface area contributed by atoms with Crippen LogP contribution in [0.5, 0.6) is 11.6 Å². The fraction of sp³-hybridized carbons (Fsp3) is 0.238. The van der Waals surface area contributed by atoms with Crippen molar-refractivity contribution in [2.24, 2.45) is 0 Å². The Hall–Kier alpha value is -2.86. The summed E-state index contributed by atoms with van der Waals surface area (Å²) in [5.41, 5.74) is 2.31. The van der Waals surface area contributed by atoms with Crippen LogP contribution in [0.4, 0.5) is 8.78 Å². The van der Waals surface area contributed by atoms with Gasteiger partial charge >= 0.3 is 0 Å². The monoisotopic (exact) mass is 367 g/mol. The van der Waals surface area contributed by atoms with Crippen LogP contribution >= 0.6 is 0 Å². The van der Waals surface area contributed by atoms with Gasteiger partial charge in [-0.2, -0.15) is 5.10 Å². The average molecular weight is 367 g/mol. The van der Waals surface area contributed by atoms with Crippen molar-refractivity contribution in [3.63, 3.8) is 0 Å². The van der Waals surface area contributed by atoms with Crippen LogP contribution in [-0.4, -0.2) is 28.7 Å². The van der Waals surface area contributed by atoms with E-state index in [2.05, 4.69) is 15.1 Å². The van der Waals surface area contributed by atoms with E-state index in [1.807, 2.05) is 13.1 Å². The second-order valence-electron chi connectivity index (χ2n) is 6.75. The first-order chi connectivity index (χ1) is 13.1. The zero-order valence-electron chi connectivity index (χ0n) is 14.9. The van der Waals surface area contributed by atoms with Gasteiger partial charge in [0.25, 0.3) is 0 Å². The first-order valence-corrected chi connectivity index (χ1v) is 8.82.